The number of fused-ring (bicyclic) bond motifs is 1. The number of aliphatic hydroxyl groups is 1. The number of amides is 1. The van der Waals surface area contributed by atoms with Crippen LogP contribution in [0.15, 0.2) is 41.2 Å². The Kier molecular flexibility index (Phi) is 4.25. The summed E-state index contributed by atoms with van der Waals surface area (Å²) in [4.78, 5) is 24.1. The van der Waals surface area contributed by atoms with Gasteiger partial charge in [0.25, 0.3) is 11.5 Å². The summed E-state index contributed by atoms with van der Waals surface area (Å²) in [5, 5.41) is 17.1. The van der Waals surface area contributed by atoms with Crippen LogP contribution in [-0.4, -0.2) is 26.9 Å². The molecule has 1 aliphatic carbocycles. The van der Waals surface area contributed by atoms with Gasteiger partial charge >= 0.3 is 0 Å². The summed E-state index contributed by atoms with van der Waals surface area (Å²) in [7, 11) is 0. The minimum Gasteiger partial charge on any atom is -0.390 e. The van der Waals surface area contributed by atoms with Crippen molar-refractivity contribution in [2.24, 2.45) is 0 Å². The van der Waals surface area contributed by atoms with Gasteiger partial charge in [-0.3, -0.25) is 9.59 Å². The molecule has 0 aliphatic heterocycles. The number of carbonyl (C=O) groups is 1. The highest BCUT2D eigenvalue weighted by Gasteiger charge is 2.32. The molecule has 0 saturated carbocycles. The smallest absolute Gasteiger partial charge is 0.272 e. The molecular weight excluding hydrogens is 294 g/mol. The molecule has 1 aromatic heterocycles. The van der Waals surface area contributed by atoms with Gasteiger partial charge in [-0.25, -0.2) is 4.68 Å². The predicted octanol–water partition coefficient (Wildman–Crippen LogP) is 1.04. The molecule has 1 aromatic carbocycles. The molecule has 0 bridgehead atoms. The third-order valence-electron chi connectivity index (χ3n) is 4.03. The lowest BCUT2D eigenvalue weighted by molar-refractivity contribution is 0.0851. The highest BCUT2D eigenvalue weighted by molar-refractivity contribution is 5.92. The number of hydrogen-bond donors (Lipinski definition) is 2. The molecule has 23 heavy (non-hydrogen) atoms. The molecule has 0 saturated heterocycles. The molecule has 2 N–H and O–H groups in total. The third kappa shape index (κ3) is 3.03. The van der Waals surface area contributed by atoms with E-state index in [4.69, 9.17) is 0 Å². The Bertz CT molecular complexity index is 785. The van der Waals surface area contributed by atoms with Crippen LogP contribution >= 0.6 is 0 Å². The van der Waals surface area contributed by atoms with Crippen LogP contribution in [-0.2, 0) is 13.0 Å². The minimum atomic E-state index is -0.655. The average molecular weight is 313 g/mol. The normalized spacial score (nSPS) is 19.4. The van der Waals surface area contributed by atoms with Crippen molar-refractivity contribution in [3.05, 3.63) is 63.6 Å². The van der Waals surface area contributed by atoms with Crippen molar-refractivity contribution in [1.82, 2.24) is 15.1 Å². The second-order valence-corrected chi connectivity index (χ2v) is 5.70. The first-order chi connectivity index (χ1) is 11.1. The lowest BCUT2D eigenvalue weighted by Gasteiger charge is -2.17. The van der Waals surface area contributed by atoms with Crippen molar-refractivity contribution in [2.45, 2.75) is 38.5 Å². The van der Waals surface area contributed by atoms with Gasteiger partial charge in [0.15, 0.2) is 0 Å². The Balaban J connectivity index is 1.82. The van der Waals surface area contributed by atoms with E-state index in [0.717, 1.165) is 17.5 Å². The Morgan fingerprint density at radius 3 is 2.91 bits per heavy atom. The van der Waals surface area contributed by atoms with E-state index in [-0.39, 0.29) is 11.3 Å². The quantitative estimate of drug-likeness (QED) is 0.883. The van der Waals surface area contributed by atoms with Crippen LogP contribution in [0.2, 0.25) is 0 Å². The zero-order valence-corrected chi connectivity index (χ0v) is 12.9. The molecule has 2 aromatic rings. The maximum atomic E-state index is 12.4. The number of nitrogens with one attached hydrogen (secondary N) is 1. The molecule has 3 rings (SSSR count). The topological polar surface area (TPSA) is 84.2 Å². The summed E-state index contributed by atoms with van der Waals surface area (Å²) in [5.74, 6) is -0.393. The van der Waals surface area contributed by atoms with Crippen molar-refractivity contribution in [3.63, 3.8) is 0 Å². The Morgan fingerprint density at radius 2 is 2.13 bits per heavy atom. The highest BCUT2D eigenvalue weighted by Crippen LogP contribution is 2.31. The van der Waals surface area contributed by atoms with Gasteiger partial charge in [0.1, 0.15) is 5.69 Å². The minimum absolute atomic E-state index is 0.176. The van der Waals surface area contributed by atoms with Crippen molar-refractivity contribution in [1.29, 1.82) is 0 Å². The molecule has 0 fully saturated rings. The first kappa shape index (κ1) is 15.4. The first-order valence-corrected chi connectivity index (χ1v) is 7.75. The van der Waals surface area contributed by atoms with Crippen LogP contribution in [0.5, 0.6) is 0 Å². The number of aryl methyl sites for hydroxylation is 1. The summed E-state index contributed by atoms with van der Waals surface area (Å²) < 4.78 is 1.29. The number of aliphatic hydroxyl groups excluding tert-OH is 1. The number of hydrogen-bond acceptors (Lipinski definition) is 4. The monoisotopic (exact) mass is 313 g/mol. The number of aromatic nitrogens is 2. The zero-order chi connectivity index (χ0) is 16.4. The van der Waals surface area contributed by atoms with Crippen LogP contribution in [0.4, 0.5) is 0 Å². The van der Waals surface area contributed by atoms with Gasteiger partial charge in [-0.15, -0.1) is 0 Å². The van der Waals surface area contributed by atoms with Crippen molar-refractivity contribution in [3.8, 4) is 0 Å². The molecule has 0 radical (unpaired) electrons. The molecule has 6 nitrogen and oxygen atoms in total. The van der Waals surface area contributed by atoms with Crippen molar-refractivity contribution >= 4 is 5.91 Å². The molecule has 1 heterocycles. The molecule has 120 valence electrons. The van der Waals surface area contributed by atoms with Crippen LogP contribution < -0.4 is 10.9 Å². The lowest BCUT2D eigenvalue weighted by Crippen LogP contribution is -2.35. The van der Waals surface area contributed by atoms with Crippen molar-refractivity contribution < 1.29 is 9.90 Å². The van der Waals surface area contributed by atoms with Crippen molar-refractivity contribution in [2.75, 3.05) is 0 Å². The van der Waals surface area contributed by atoms with E-state index in [9.17, 15) is 14.7 Å². The van der Waals surface area contributed by atoms with E-state index in [2.05, 4.69) is 10.4 Å². The molecule has 6 heteroatoms. The predicted molar refractivity (Wildman–Crippen MR) is 85.1 cm³/mol. The summed E-state index contributed by atoms with van der Waals surface area (Å²) in [5.41, 5.74) is 1.91. The largest absolute Gasteiger partial charge is 0.390 e. The zero-order valence-electron chi connectivity index (χ0n) is 12.9. The Labute approximate surface area is 133 Å². The van der Waals surface area contributed by atoms with Gasteiger partial charge in [-0.05, 0) is 23.6 Å². The van der Waals surface area contributed by atoms with Gasteiger partial charge in [0.2, 0.25) is 0 Å². The lowest BCUT2D eigenvalue weighted by atomic mass is 10.1. The maximum absolute atomic E-state index is 12.4. The fraction of sp³-hybridized carbons (Fsp3) is 0.353. The summed E-state index contributed by atoms with van der Waals surface area (Å²) in [6.45, 7) is 2.40. The summed E-state index contributed by atoms with van der Waals surface area (Å²) >= 11 is 0. The van der Waals surface area contributed by atoms with E-state index in [0.29, 0.717) is 13.0 Å². The fourth-order valence-corrected chi connectivity index (χ4v) is 2.91. The Hall–Kier alpha value is -2.47. The number of benzene rings is 1. The van der Waals surface area contributed by atoms with Gasteiger partial charge in [-0.2, -0.15) is 5.10 Å². The van der Waals surface area contributed by atoms with Crippen LogP contribution in [0.25, 0.3) is 0 Å². The maximum Gasteiger partial charge on any atom is 0.272 e. The molecule has 1 amide bonds. The van der Waals surface area contributed by atoms with Gasteiger partial charge in [0, 0.05) is 19.0 Å². The third-order valence-corrected chi connectivity index (χ3v) is 4.03. The van der Waals surface area contributed by atoms with Gasteiger partial charge < -0.3 is 10.4 Å². The van der Waals surface area contributed by atoms with Gasteiger partial charge in [0.05, 0.1) is 12.1 Å². The molecule has 1 aliphatic rings. The fourth-order valence-electron chi connectivity index (χ4n) is 2.91. The molecular formula is C17H19N3O3. The van der Waals surface area contributed by atoms with E-state index in [1.807, 2.05) is 31.2 Å². The number of carbonyl (C=O) groups excluding carboxylic acids is 1. The highest BCUT2D eigenvalue weighted by atomic mass is 16.3. The van der Waals surface area contributed by atoms with Crippen LogP contribution in [0.3, 0.4) is 0 Å². The standard InChI is InChI=1S/C17H19N3O3/c1-2-9-20-15(22)8-7-13(19-20)17(23)18-16-12-6-4-3-5-11(12)10-14(16)21/h3-8,14,16,21H,2,9-10H2,1H3,(H,18,23). The van der Waals surface area contributed by atoms with E-state index in [1.165, 1.54) is 16.8 Å². The van der Waals surface area contributed by atoms with E-state index < -0.39 is 18.1 Å². The summed E-state index contributed by atoms with van der Waals surface area (Å²) in [6.07, 6.45) is 0.620. The second-order valence-electron chi connectivity index (χ2n) is 5.70. The molecule has 0 spiro atoms. The van der Waals surface area contributed by atoms with E-state index >= 15 is 0 Å². The number of nitrogens with zero attached hydrogens (tertiary/aromatic N) is 2. The molecule has 2 atom stereocenters. The summed E-state index contributed by atoms with van der Waals surface area (Å²) in [6, 6.07) is 9.96. The first-order valence-electron chi connectivity index (χ1n) is 7.75. The van der Waals surface area contributed by atoms with E-state index in [1.54, 1.807) is 0 Å². The SMILES string of the molecule is CCCn1nc(C(=O)NC2c3ccccc3CC2O)ccc1=O. The van der Waals surface area contributed by atoms with Gasteiger partial charge in [-0.1, -0.05) is 31.2 Å². The van der Waals surface area contributed by atoms with Crippen LogP contribution in [0.1, 0.15) is 41.0 Å². The van der Waals surface area contributed by atoms with Crippen LogP contribution in [0, 0.1) is 0 Å². The second kappa shape index (κ2) is 6.34. The Morgan fingerprint density at radius 1 is 1.35 bits per heavy atom. The molecule has 2 unspecified atom stereocenters. The number of rotatable bonds is 4. The average Bonchev–Trinajstić information content (AvgIpc) is 2.85.